The number of aliphatic hydroxyl groups is 2. The van der Waals surface area contributed by atoms with Crippen molar-refractivity contribution in [2.75, 3.05) is 0 Å². The van der Waals surface area contributed by atoms with E-state index < -0.39 is 24.1 Å². The minimum atomic E-state index is -1.44. The molecule has 0 aliphatic carbocycles. The van der Waals surface area contributed by atoms with Crippen LogP contribution in [0.2, 0.25) is 0 Å². The van der Waals surface area contributed by atoms with E-state index in [0.29, 0.717) is 0 Å². The van der Waals surface area contributed by atoms with Crippen molar-refractivity contribution in [1.82, 2.24) is 0 Å². The average Bonchev–Trinajstić information content (AvgIpc) is 1.88. The van der Waals surface area contributed by atoms with Gasteiger partial charge in [0.05, 0.1) is 24.1 Å². The molecule has 0 unspecified atom stereocenters. The maximum absolute atomic E-state index is 9.34. The molecule has 0 aliphatic heterocycles. The third-order valence-electron chi connectivity index (χ3n) is 0.682. The second-order valence-corrected chi connectivity index (χ2v) is 1.99. The Bertz CT molecular complexity index is 137. The zero-order valence-corrected chi connectivity index (χ0v) is 8.24. The van der Waals surface area contributed by atoms with Gasteiger partial charge in [-0.3, -0.25) is 0 Å². The van der Waals surface area contributed by atoms with Gasteiger partial charge in [0.1, 0.15) is 0 Å². The van der Waals surface area contributed by atoms with Gasteiger partial charge >= 0.3 is 17.1 Å². The molecule has 0 fully saturated rings. The van der Waals surface area contributed by atoms with Gasteiger partial charge in [0.2, 0.25) is 0 Å². The number of aliphatic hydroxyl groups excluding tert-OH is 2. The molecule has 6 nitrogen and oxygen atoms in total. The van der Waals surface area contributed by atoms with Crippen LogP contribution in [-0.4, -0.2) is 34.4 Å². The van der Waals surface area contributed by atoms with Gasteiger partial charge in [-0.1, -0.05) is 0 Å². The molecular formula is C6H10MnO6. The minimum Gasteiger partial charge on any atom is -0.547 e. The summed E-state index contributed by atoms with van der Waals surface area (Å²) in [6, 6.07) is 0. The van der Waals surface area contributed by atoms with Gasteiger partial charge in [0, 0.05) is 0 Å². The molecule has 77 valence electrons. The molecule has 1 radical (unpaired) electrons. The van der Waals surface area contributed by atoms with Crippen molar-refractivity contribution in [3.63, 3.8) is 0 Å². The zero-order valence-electron chi connectivity index (χ0n) is 7.06. The average molecular weight is 233 g/mol. The molecule has 0 heterocycles. The molecule has 0 spiro atoms. The Hall–Kier alpha value is -0.621. The summed E-state index contributed by atoms with van der Waals surface area (Å²) in [5, 5.41) is 34.6. The predicted molar refractivity (Wildman–Crippen MR) is 33.4 cm³/mol. The van der Waals surface area contributed by atoms with E-state index in [2.05, 4.69) is 0 Å². The van der Waals surface area contributed by atoms with Gasteiger partial charge in [0.25, 0.3) is 0 Å². The van der Waals surface area contributed by atoms with Crippen LogP contribution in [0.1, 0.15) is 13.8 Å². The predicted octanol–water partition coefficient (Wildman–Crippen LogP) is -3.77. The number of hydrogen-bond donors (Lipinski definition) is 2. The molecule has 0 saturated carbocycles. The van der Waals surface area contributed by atoms with Gasteiger partial charge < -0.3 is 30.0 Å². The third kappa shape index (κ3) is 18.4. The first-order chi connectivity index (χ1) is 5.29. The van der Waals surface area contributed by atoms with E-state index in [-0.39, 0.29) is 17.1 Å². The minimum absolute atomic E-state index is 0. The quantitative estimate of drug-likeness (QED) is 0.472. The molecule has 0 aromatic carbocycles. The van der Waals surface area contributed by atoms with Crippen LogP contribution in [0.15, 0.2) is 0 Å². The van der Waals surface area contributed by atoms with E-state index in [0.717, 1.165) is 13.8 Å². The first-order valence-electron chi connectivity index (χ1n) is 3.06. The Morgan fingerprint density at radius 2 is 1.08 bits per heavy atom. The van der Waals surface area contributed by atoms with Crippen LogP contribution >= 0.6 is 0 Å². The maximum Gasteiger partial charge on any atom is 2.00 e. The summed E-state index contributed by atoms with van der Waals surface area (Å²) in [5.41, 5.74) is 0. The fourth-order valence-electron chi connectivity index (χ4n) is 0. The largest absolute Gasteiger partial charge is 2.00 e. The summed E-state index contributed by atoms with van der Waals surface area (Å²) < 4.78 is 0. The summed E-state index contributed by atoms with van der Waals surface area (Å²) in [6.07, 6.45) is -2.69. The number of carbonyl (C=O) groups is 2. The topological polar surface area (TPSA) is 121 Å². The SMILES string of the molecule is C[C@@H](O)C(=O)[O-].C[C@@H](O)C(=O)[O-].[Mn+2]. The van der Waals surface area contributed by atoms with Crippen molar-refractivity contribution in [2.45, 2.75) is 26.1 Å². The maximum atomic E-state index is 9.34. The van der Waals surface area contributed by atoms with Crippen LogP contribution in [0.4, 0.5) is 0 Å². The van der Waals surface area contributed by atoms with Gasteiger partial charge in [-0.15, -0.1) is 0 Å². The van der Waals surface area contributed by atoms with Crippen LogP contribution in [0.25, 0.3) is 0 Å². The van der Waals surface area contributed by atoms with Crippen LogP contribution in [0.5, 0.6) is 0 Å². The molecular weight excluding hydrogens is 223 g/mol. The van der Waals surface area contributed by atoms with E-state index in [9.17, 15) is 19.8 Å². The van der Waals surface area contributed by atoms with Crippen LogP contribution in [-0.2, 0) is 26.7 Å². The van der Waals surface area contributed by atoms with Crippen molar-refractivity contribution < 1.29 is 47.1 Å². The standard InChI is InChI=1S/2C3H6O3.Mn/c2*1-2(4)3(5)6;/h2*2,4H,1H3,(H,5,6);/q;;+2/p-2/t2*2-;/m11./s1. The fraction of sp³-hybridized carbons (Fsp3) is 0.667. The number of carboxylic acid groups (broad SMARTS) is 2. The van der Waals surface area contributed by atoms with Crippen molar-refractivity contribution in [1.29, 1.82) is 0 Å². The van der Waals surface area contributed by atoms with Crippen LogP contribution < -0.4 is 10.2 Å². The normalized spacial score (nSPS) is 12.6. The Morgan fingerprint density at radius 1 is 1.00 bits per heavy atom. The Morgan fingerprint density at radius 3 is 1.08 bits per heavy atom. The summed E-state index contributed by atoms with van der Waals surface area (Å²) in [5.74, 6) is -2.87. The van der Waals surface area contributed by atoms with Gasteiger partial charge in [0.15, 0.2) is 0 Å². The second kappa shape index (κ2) is 9.47. The molecule has 0 aliphatic rings. The van der Waals surface area contributed by atoms with Crippen molar-refractivity contribution in [3.8, 4) is 0 Å². The molecule has 0 aromatic heterocycles. The van der Waals surface area contributed by atoms with E-state index in [1.54, 1.807) is 0 Å². The molecule has 2 N–H and O–H groups in total. The van der Waals surface area contributed by atoms with Crippen molar-refractivity contribution in [2.24, 2.45) is 0 Å². The summed E-state index contributed by atoms with van der Waals surface area (Å²) in [4.78, 5) is 18.7. The summed E-state index contributed by atoms with van der Waals surface area (Å²) in [6.45, 7) is 2.27. The molecule has 0 amide bonds. The number of hydrogen-bond acceptors (Lipinski definition) is 6. The van der Waals surface area contributed by atoms with Gasteiger partial charge in [-0.2, -0.15) is 0 Å². The number of aliphatic carboxylic acids is 2. The Kier molecular flexibility index (Phi) is 13.3. The van der Waals surface area contributed by atoms with E-state index in [1.807, 2.05) is 0 Å². The monoisotopic (exact) mass is 233 g/mol. The molecule has 0 aromatic rings. The van der Waals surface area contributed by atoms with E-state index in [4.69, 9.17) is 10.2 Å². The third-order valence-corrected chi connectivity index (χ3v) is 0.682. The summed E-state index contributed by atoms with van der Waals surface area (Å²) >= 11 is 0. The first-order valence-corrected chi connectivity index (χ1v) is 3.06. The molecule has 0 rings (SSSR count). The number of carbonyl (C=O) groups excluding carboxylic acids is 2. The molecule has 0 saturated heterocycles. The number of carboxylic acids is 2. The molecule has 0 bridgehead atoms. The van der Waals surface area contributed by atoms with E-state index >= 15 is 0 Å². The first kappa shape index (κ1) is 18.2. The van der Waals surface area contributed by atoms with Gasteiger partial charge in [-0.05, 0) is 13.8 Å². The number of rotatable bonds is 2. The smallest absolute Gasteiger partial charge is 0.547 e. The van der Waals surface area contributed by atoms with Crippen molar-refractivity contribution in [3.05, 3.63) is 0 Å². The molecule has 2 atom stereocenters. The Labute approximate surface area is 85.7 Å². The summed E-state index contributed by atoms with van der Waals surface area (Å²) in [7, 11) is 0. The van der Waals surface area contributed by atoms with E-state index in [1.165, 1.54) is 0 Å². The Balaban J connectivity index is -0.000000143. The van der Waals surface area contributed by atoms with Crippen LogP contribution in [0, 0.1) is 0 Å². The van der Waals surface area contributed by atoms with Gasteiger partial charge in [-0.25, -0.2) is 0 Å². The van der Waals surface area contributed by atoms with Crippen molar-refractivity contribution >= 4 is 11.9 Å². The molecule has 7 heteroatoms. The zero-order chi connectivity index (χ0) is 10.3. The second-order valence-electron chi connectivity index (χ2n) is 1.99. The fourth-order valence-corrected chi connectivity index (χ4v) is 0. The van der Waals surface area contributed by atoms with Crippen LogP contribution in [0.3, 0.4) is 0 Å². The molecule has 13 heavy (non-hydrogen) atoms.